The molecule has 1 aromatic rings. The van der Waals surface area contributed by atoms with Crippen molar-refractivity contribution in [1.29, 1.82) is 0 Å². The van der Waals surface area contributed by atoms with Crippen molar-refractivity contribution in [2.24, 2.45) is 0 Å². The summed E-state index contributed by atoms with van der Waals surface area (Å²) < 4.78 is 0. The van der Waals surface area contributed by atoms with Crippen LogP contribution in [0, 0.1) is 0 Å². The largest absolute Gasteiger partial charge is 0.357 e. The fourth-order valence-corrected chi connectivity index (χ4v) is 3.19. The second-order valence-corrected chi connectivity index (χ2v) is 6.10. The quantitative estimate of drug-likeness (QED) is 0.881. The van der Waals surface area contributed by atoms with Gasteiger partial charge in [-0.3, -0.25) is 4.79 Å². The molecule has 1 aromatic carbocycles. The molecule has 1 fully saturated rings. The lowest BCUT2D eigenvalue weighted by Gasteiger charge is -2.23. The molecule has 1 atom stereocenters. The molecule has 0 aliphatic carbocycles. The Morgan fingerprint density at radius 1 is 1.27 bits per heavy atom. The minimum absolute atomic E-state index is 0.116. The Labute approximate surface area is 139 Å². The number of halogens is 2. The Hall–Kier alpha value is -1.46. The standard InChI is InChI=1S/C15H19Cl2N3O2/c1-18-14(21)13-3-2-6-20(13)15(22)19-5-4-10-7-11(16)9-12(17)8-10/h7-9,13H,2-6H2,1H3,(H,18,21)(H,19,22)/t13-/m1/s1. The van der Waals surface area contributed by atoms with Gasteiger partial charge >= 0.3 is 6.03 Å². The second kappa shape index (κ2) is 7.70. The first-order valence-corrected chi connectivity index (χ1v) is 7.98. The highest BCUT2D eigenvalue weighted by molar-refractivity contribution is 6.34. The summed E-state index contributed by atoms with van der Waals surface area (Å²) in [6, 6.07) is 4.74. The fourth-order valence-electron chi connectivity index (χ4n) is 2.62. The first-order valence-electron chi connectivity index (χ1n) is 7.22. The number of likely N-dealkylation sites (N-methyl/N-ethyl adjacent to an activating group) is 1. The highest BCUT2D eigenvalue weighted by Gasteiger charge is 2.33. The van der Waals surface area contributed by atoms with Crippen LogP contribution in [-0.2, 0) is 11.2 Å². The lowest BCUT2D eigenvalue weighted by Crippen LogP contribution is -2.49. The molecule has 3 amide bonds. The summed E-state index contributed by atoms with van der Waals surface area (Å²) in [6.07, 6.45) is 2.18. The average Bonchev–Trinajstić information content (AvgIpc) is 2.94. The van der Waals surface area contributed by atoms with Crippen LogP contribution in [0.15, 0.2) is 18.2 Å². The predicted octanol–water partition coefficient (Wildman–Crippen LogP) is 2.46. The molecule has 0 aromatic heterocycles. The van der Waals surface area contributed by atoms with E-state index in [4.69, 9.17) is 23.2 Å². The first kappa shape index (κ1) is 16.9. The Kier molecular flexibility index (Phi) is 5.91. The van der Waals surface area contributed by atoms with Crippen LogP contribution in [0.5, 0.6) is 0 Å². The molecule has 120 valence electrons. The molecule has 1 aliphatic heterocycles. The molecule has 1 aliphatic rings. The van der Waals surface area contributed by atoms with E-state index in [-0.39, 0.29) is 18.0 Å². The number of carbonyl (C=O) groups excluding carboxylic acids is 2. The van der Waals surface area contributed by atoms with E-state index in [1.165, 1.54) is 0 Å². The number of nitrogens with zero attached hydrogens (tertiary/aromatic N) is 1. The third-order valence-corrected chi connectivity index (χ3v) is 4.11. The van der Waals surface area contributed by atoms with Crippen molar-refractivity contribution in [3.63, 3.8) is 0 Å². The van der Waals surface area contributed by atoms with Crippen LogP contribution in [-0.4, -0.2) is 43.0 Å². The van der Waals surface area contributed by atoms with Crippen LogP contribution < -0.4 is 10.6 Å². The summed E-state index contributed by atoms with van der Waals surface area (Å²) in [5, 5.41) is 6.59. The first-order chi connectivity index (χ1) is 10.5. The molecule has 0 saturated carbocycles. The van der Waals surface area contributed by atoms with Crippen LogP contribution >= 0.6 is 23.2 Å². The van der Waals surface area contributed by atoms with Gasteiger partial charge in [-0.25, -0.2) is 4.79 Å². The topological polar surface area (TPSA) is 61.4 Å². The zero-order valence-electron chi connectivity index (χ0n) is 12.4. The molecule has 0 bridgehead atoms. The van der Waals surface area contributed by atoms with Crippen molar-refractivity contribution in [2.75, 3.05) is 20.1 Å². The van der Waals surface area contributed by atoms with Gasteiger partial charge in [0, 0.05) is 30.2 Å². The van der Waals surface area contributed by atoms with Gasteiger partial charge < -0.3 is 15.5 Å². The summed E-state index contributed by atoms with van der Waals surface area (Å²) in [4.78, 5) is 25.5. The van der Waals surface area contributed by atoms with Gasteiger partial charge in [-0.15, -0.1) is 0 Å². The van der Waals surface area contributed by atoms with E-state index in [1.54, 1.807) is 18.0 Å². The number of hydrogen-bond acceptors (Lipinski definition) is 2. The zero-order valence-corrected chi connectivity index (χ0v) is 13.9. The van der Waals surface area contributed by atoms with Crippen LogP contribution in [0.2, 0.25) is 10.0 Å². The molecule has 0 spiro atoms. The summed E-state index contributed by atoms with van der Waals surface area (Å²) in [5.41, 5.74) is 0.960. The molecular formula is C15H19Cl2N3O2. The van der Waals surface area contributed by atoms with E-state index < -0.39 is 0 Å². The number of nitrogens with one attached hydrogen (secondary N) is 2. The average molecular weight is 344 g/mol. The number of likely N-dealkylation sites (tertiary alicyclic amines) is 1. The number of urea groups is 1. The van der Waals surface area contributed by atoms with Gasteiger partial charge in [-0.2, -0.15) is 0 Å². The van der Waals surface area contributed by atoms with Crippen molar-refractivity contribution in [3.8, 4) is 0 Å². The summed E-state index contributed by atoms with van der Waals surface area (Å²) in [5.74, 6) is -0.116. The molecular weight excluding hydrogens is 325 g/mol. The number of hydrogen-bond donors (Lipinski definition) is 2. The van der Waals surface area contributed by atoms with Gasteiger partial charge in [0.15, 0.2) is 0 Å². The van der Waals surface area contributed by atoms with Crippen molar-refractivity contribution in [1.82, 2.24) is 15.5 Å². The number of rotatable bonds is 4. The molecule has 2 rings (SSSR count). The van der Waals surface area contributed by atoms with Crippen molar-refractivity contribution in [3.05, 3.63) is 33.8 Å². The highest BCUT2D eigenvalue weighted by atomic mass is 35.5. The molecule has 22 heavy (non-hydrogen) atoms. The van der Waals surface area contributed by atoms with Gasteiger partial charge in [0.05, 0.1) is 0 Å². The van der Waals surface area contributed by atoms with E-state index in [0.29, 0.717) is 36.0 Å². The molecule has 0 unspecified atom stereocenters. The van der Waals surface area contributed by atoms with Gasteiger partial charge in [-0.05, 0) is 43.0 Å². The molecule has 0 radical (unpaired) electrons. The van der Waals surface area contributed by atoms with Crippen LogP contribution in [0.1, 0.15) is 18.4 Å². The highest BCUT2D eigenvalue weighted by Crippen LogP contribution is 2.19. The number of amides is 3. The molecule has 1 saturated heterocycles. The third-order valence-electron chi connectivity index (χ3n) is 3.67. The Balaban J connectivity index is 1.86. The van der Waals surface area contributed by atoms with Crippen molar-refractivity contribution >= 4 is 35.1 Å². The van der Waals surface area contributed by atoms with Crippen LogP contribution in [0.25, 0.3) is 0 Å². The van der Waals surface area contributed by atoms with Gasteiger partial charge in [0.2, 0.25) is 5.91 Å². The van der Waals surface area contributed by atoms with Gasteiger partial charge in [0.1, 0.15) is 6.04 Å². The SMILES string of the molecule is CNC(=O)[C@H]1CCCN1C(=O)NCCc1cc(Cl)cc(Cl)c1. The third kappa shape index (κ3) is 4.27. The van der Waals surface area contributed by atoms with Gasteiger partial charge in [0.25, 0.3) is 0 Å². The van der Waals surface area contributed by atoms with Gasteiger partial charge in [-0.1, -0.05) is 23.2 Å². The maximum absolute atomic E-state index is 12.2. The minimum atomic E-state index is -0.370. The predicted molar refractivity (Wildman–Crippen MR) is 87.4 cm³/mol. The van der Waals surface area contributed by atoms with E-state index in [0.717, 1.165) is 12.0 Å². The lowest BCUT2D eigenvalue weighted by atomic mass is 10.1. The normalized spacial score (nSPS) is 17.4. The monoisotopic (exact) mass is 343 g/mol. The molecule has 5 nitrogen and oxygen atoms in total. The maximum atomic E-state index is 12.2. The Bertz CT molecular complexity index is 545. The fraction of sp³-hybridized carbons (Fsp3) is 0.467. The van der Waals surface area contributed by atoms with Crippen molar-refractivity contribution < 1.29 is 9.59 Å². The number of carbonyl (C=O) groups is 2. The second-order valence-electron chi connectivity index (χ2n) is 5.23. The Morgan fingerprint density at radius 3 is 2.59 bits per heavy atom. The summed E-state index contributed by atoms with van der Waals surface area (Å²) >= 11 is 11.9. The smallest absolute Gasteiger partial charge is 0.318 e. The molecule has 7 heteroatoms. The number of benzene rings is 1. The maximum Gasteiger partial charge on any atom is 0.318 e. The zero-order chi connectivity index (χ0) is 16.1. The van der Waals surface area contributed by atoms with E-state index in [1.807, 2.05) is 12.1 Å². The van der Waals surface area contributed by atoms with E-state index >= 15 is 0 Å². The van der Waals surface area contributed by atoms with Crippen LogP contribution in [0.3, 0.4) is 0 Å². The summed E-state index contributed by atoms with van der Waals surface area (Å²) in [6.45, 7) is 1.07. The molecule has 1 heterocycles. The Morgan fingerprint density at radius 2 is 1.95 bits per heavy atom. The minimum Gasteiger partial charge on any atom is -0.357 e. The lowest BCUT2D eigenvalue weighted by molar-refractivity contribution is -0.124. The van der Waals surface area contributed by atoms with E-state index in [2.05, 4.69) is 10.6 Å². The van der Waals surface area contributed by atoms with Crippen LogP contribution in [0.4, 0.5) is 4.79 Å². The van der Waals surface area contributed by atoms with Crippen molar-refractivity contribution in [2.45, 2.75) is 25.3 Å². The van der Waals surface area contributed by atoms with E-state index in [9.17, 15) is 9.59 Å². The summed E-state index contributed by atoms with van der Waals surface area (Å²) in [7, 11) is 1.58. The molecule has 2 N–H and O–H groups in total.